The van der Waals surface area contributed by atoms with Gasteiger partial charge in [0.15, 0.2) is 0 Å². The van der Waals surface area contributed by atoms with Crippen LogP contribution in [0.2, 0.25) is 0 Å². The van der Waals surface area contributed by atoms with Crippen LogP contribution in [0.15, 0.2) is 36.4 Å². The third-order valence-electron chi connectivity index (χ3n) is 7.33. The Morgan fingerprint density at radius 2 is 1.79 bits per heavy atom. The van der Waals surface area contributed by atoms with Crippen LogP contribution in [0.1, 0.15) is 52.5 Å². The third-order valence-corrected chi connectivity index (χ3v) is 7.33. The van der Waals surface area contributed by atoms with Gasteiger partial charge < -0.3 is 20.3 Å². The maximum Gasteiger partial charge on any atom is 0.273 e. The van der Waals surface area contributed by atoms with Gasteiger partial charge in [0.25, 0.3) is 17.5 Å². The van der Waals surface area contributed by atoms with Crippen molar-refractivity contribution in [3.05, 3.63) is 63.2 Å². The number of morpholine rings is 1. The number of amides is 2. The summed E-state index contributed by atoms with van der Waals surface area (Å²) in [6, 6.07) is 9.75. The Bertz CT molecular complexity index is 1160. The zero-order valence-electron chi connectivity index (χ0n) is 22.2. The normalized spacial score (nSPS) is 16.7. The highest BCUT2D eigenvalue weighted by molar-refractivity contribution is 6.06. The summed E-state index contributed by atoms with van der Waals surface area (Å²) in [6.07, 6.45) is 2.96. The van der Waals surface area contributed by atoms with Crippen molar-refractivity contribution in [1.29, 1.82) is 0 Å². The van der Waals surface area contributed by atoms with Gasteiger partial charge in [0.05, 0.1) is 23.7 Å². The van der Waals surface area contributed by atoms with Gasteiger partial charge in [-0.2, -0.15) is 0 Å². The lowest BCUT2D eigenvalue weighted by molar-refractivity contribution is -0.385. The van der Waals surface area contributed by atoms with Crippen LogP contribution in [0.5, 0.6) is 0 Å². The molecule has 0 unspecified atom stereocenters. The van der Waals surface area contributed by atoms with Crippen molar-refractivity contribution in [3.63, 3.8) is 0 Å². The van der Waals surface area contributed by atoms with Crippen LogP contribution in [-0.4, -0.2) is 74.1 Å². The van der Waals surface area contributed by atoms with Gasteiger partial charge in [-0.15, -0.1) is 0 Å². The number of ether oxygens (including phenoxy) is 1. The fourth-order valence-electron chi connectivity index (χ4n) is 4.90. The highest BCUT2D eigenvalue weighted by Gasteiger charge is 2.22. The second kappa shape index (κ2) is 12.8. The van der Waals surface area contributed by atoms with Gasteiger partial charge in [-0.1, -0.05) is 13.0 Å². The predicted molar refractivity (Wildman–Crippen MR) is 147 cm³/mol. The maximum atomic E-state index is 13.3. The van der Waals surface area contributed by atoms with E-state index in [1.54, 1.807) is 31.2 Å². The minimum Gasteiger partial charge on any atom is -0.379 e. The molecule has 2 saturated heterocycles. The first kappa shape index (κ1) is 27.5. The lowest BCUT2D eigenvalue weighted by Crippen LogP contribution is -2.38. The maximum absolute atomic E-state index is 13.3. The van der Waals surface area contributed by atoms with Gasteiger partial charge in [-0.3, -0.25) is 24.6 Å². The summed E-state index contributed by atoms with van der Waals surface area (Å²) >= 11 is 0. The topological polar surface area (TPSA) is 117 Å². The molecule has 0 saturated carbocycles. The molecule has 2 N–H and O–H groups in total. The number of piperidine rings is 1. The second-order valence-electron chi connectivity index (χ2n) is 10.2. The van der Waals surface area contributed by atoms with E-state index in [1.807, 2.05) is 6.07 Å². The summed E-state index contributed by atoms with van der Waals surface area (Å²) in [6.45, 7) is 10.4. The first-order chi connectivity index (χ1) is 18.3. The second-order valence-corrected chi connectivity index (χ2v) is 10.2. The number of benzene rings is 2. The molecule has 2 fully saturated rings. The quantitative estimate of drug-likeness (QED) is 0.291. The molecule has 2 aliphatic rings. The predicted octanol–water partition coefficient (Wildman–Crippen LogP) is 3.84. The van der Waals surface area contributed by atoms with Gasteiger partial charge in [0.2, 0.25) is 0 Å². The minimum atomic E-state index is -0.498. The van der Waals surface area contributed by atoms with Crippen LogP contribution in [0.4, 0.5) is 17.1 Å². The van der Waals surface area contributed by atoms with Crippen LogP contribution in [-0.2, 0) is 4.74 Å². The summed E-state index contributed by atoms with van der Waals surface area (Å²) in [4.78, 5) is 41.6. The number of rotatable bonds is 9. The first-order valence-electron chi connectivity index (χ1n) is 13.4. The van der Waals surface area contributed by atoms with Crippen LogP contribution >= 0.6 is 0 Å². The molecule has 2 aromatic rings. The number of nitrogens with one attached hydrogen (secondary N) is 2. The summed E-state index contributed by atoms with van der Waals surface area (Å²) in [5.74, 6) is 0.00743. The van der Waals surface area contributed by atoms with Crippen molar-refractivity contribution in [2.24, 2.45) is 5.92 Å². The molecule has 2 aliphatic heterocycles. The molecule has 0 atom stereocenters. The Labute approximate surface area is 223 Å². The Hall–Kier alpha value is -3.50. The molecular weight excluding hydrogens is 486 g/mol. The zero-order chi connectivity index (χ0) is 27.1. The lowest BCUT2D eigenvalue weighted by atomic mass is 9.97. The molecule has 10 heteroatoms. The number of carbonyl (C=O) groups is 2. The number of nitro benzene ring substituents is 1. The Morgan fingerprint density at radius 1 is 1.05 bits per heavy atom. The summed E-state index contributed by atoms with van der Waals surface area (Å²) in [7, 11) is 0. The molecule has 0 aromatic heterocycles. The molecule has 10 nitrogen and oxygen atoms in total. The summed E-state index contributed by atoms with van der Waals surface area (Å²) in [5.41, 5.74) is 2.39. The van der Waals surface area contributed by atoms with E-state index in [9.17, 15) is 19.7 Å². The number of aryl methyl sites for hydroxylation is 1. The van der Waals surface area contributed by atoms with Gasteiger partial charge >= 0.3 is 0 Å². The van der Waals surface area contributed by atoms with Crippen LogP contribution < -0.4 is 15.5 Å². The van der Waals surface area contributed by atoms with Crippen molar-refractivity contribution in [1.82, 2.24) is 10.2 Å². The molecule has 204 valence electrons. The highest BCUT2D eigenvalue weighted by atomic mass is 16.6. The van der Waals surface area contributed by atoms with Crippen molar-refractivity contribution in [3.8, 4) is 0 Å². The average molecular weight is 524 g/mol. The van der Waals surface area contributed by atoms with E-state index in [2.05, 4.69) is 27.4 Å². The minimum absolute atomic E-state index is 0.107. The van der Waals surface area contributed by atoms with E-state index >= 15 is 0 Å². The largest absolute Gasteiger partial charge is 0.379 e. The average Bonchev–Trinajstić information content (AvgIpc) is 2.92. The molecular formula is C28H37N5O5. The molecule has 38 heavy (non-hydrogen) atoms. The molecule has 0 bridgehead atoms. The van der Waals surface area contributed by atoms with E-state index in [4.69, 9.17) is 4.74 Å². The summed E-state index contributed by atoms with van der Waals surface area (Å²) < 4.78 is 5.39. The van der Waals surface area contributed by atoms with E-state index in [1.165, 1.54) is 6.07 Å². The zero-order valence-corrected chi connectivity index (χ0v) is 22.2. The van der Waals surface area contributed by atoms with Gasteiger partial charge in [0.1, 0.15) is 0 Å². The number of hydrogen-bond acceptors (Lipinski definition) is 7. The molecule has 0 spiro atoms. The standard InChI is InChI=1S/C28H37N5O5/c1-20-8-12-32(13-9-20)25-7-6-23(30-27(34)22-5-4-21(2)26(18-22)33(36)37)19-24(25)28(35)29-10-3-11-31-14-16-38-17-15-31/h4-7,18-20H,3,8-17H2,1-2H3,(H,29,35)(H,30,34). The van der Waals surface area contributed by atoms with Gasteiger partial charge in [0, 0.05) is 61.3 Å². The van der Waals surface area contributed by atoms with Crippen molar-refractivity contribution >= 4 is 28.9 Å². The number of hydrogen-bond donors (Lipinski definition) is 2. The lowest BCUT2D eigenvalue weighted by Gasteiger charge is -2.33. The SMILES string of the molecule is Cc1ccc(C(=O)Nc2ccc(N3CCC(C)CC3)c(C(=O)NCCCN3CCOCC3)c2)cc1[N+](=O)[O-]. The van der Waals surface area contributed by atoms with Crippen LogP contribution in [0, 0.1) is 23.0 Å². The molecule has 4 rings (SSSR count). The van der Waals surface area contributed by atoms with E-state index in [0.717, 1.165) is 70.9 Å². The third kappa shape index (κ3) is 7.08. The monoisotopic (exact) mass is 523 g/mol. The number of nitrogens with zero attached hydrogens (tertiary/aromatic N) is 3. The Morgan fingerprint density at radius 3 is 2.50 bits per heavy atom. The highest BCUT2D eigenvalue weighted by Crippen LogP contribution is 2.29. The summed E-state index contributed by atoms with van der Waals surface area (Å²) in [5, 5.41) is 17.2. The van der Waals surface area contributed by atoms with E-state index in [-0.39, 0.29) is 17.2 Å². The van der Waals surface area contributed by atoms with Crippen molar-refractivity contribution in [2.75, 3.05) is 62.7 Å². The molecule has 2 aromatic carbocycles. The van der Waals surface area contributed by atoms with Gasteiger partial charge in [-0.05, 0) is 62.9 Å². The van der Waals surface area contributed by atoms with Crippen molar-refractivity contribution in [2.45, 2.75) is 33.1 Å². The van der Waals surface area contributed by atoms with E-state index in [0.29, 0.717) is 29.3 Å². The first-order valence-corrected chi connectivity index (χ1v) is 13.4. The smallest absolute Gasteiger partial charge is 0.273 e. The molecule has 2 heterocycles. The van der Waals surface area contributed by atoms with Crippen LogP contribution in [0.25, 0.3) is 0 Å². The fraction of sp³-hybridized carbons (Fsp3) is 0.500. The number of anilines is 2. The van der Waals surface area contributed by atoms with E-state index < -0.39 is 10.8 Å². The van der Waals surface area contributed by atoms with Gasteiger partial charge in [-0.25, -0.2) is 0 Å². The molecule has 0 aliphatic carbocycles. The number of carbonyl (C=O) groups excluding carboxylic acids is 2. The fourth-order valence-corrected chi connectivity index (χ4v) is 4.90. The van der Waals surface area contributed by atoms with Crippen molar-refractivity contribution < 1.29 is 19.2 Å². The number of nitro groups is 1. The molecule has 0 radical (unpaired) electrons. The molecule has 2 amide bonds. The Balaban J connectivity index is 1.48. The Kier molecular flexibility index (Phi) is 9.30. The van der Waals surface area contributed by atoms with Crippen LogP contribution in [0.3, 0.4) is 0 Å².